The number of piperazine rings is 1. The molecule has 1 aromatic carbocycles. The third-order valence-electron chi connectivity index (χ3n) is 3.69. The van der Waals surface area contributed by atoms with Crippen molar-refractivity contribution >= 4 is 10.2 Å². The first-order chi connectivity index (χ1) is 9.55. The number of hydrogen-bond donors (Lipinski definition) is 1. The van der Waals surface area contributed by atoms with Crippen LogP contribution in [-0.4, -0.2) is 49.8 Å². The molecular weight excluding hydrogens is 274 g/mol. The summed E-state index contributed by atoms with van der Waals surface area (Å²) in [5.74, 6) is 0. The summed E-state index contributed by atoms with van der Waals surface area (Å²) in [6, 6.07) is 7.93. The lowest BCUT2D eigenvalue weighted by molar-refractivity contribution is 0.312. The summed E-state index contributed by atoms with van der Waals surface area (Å²) >= 11 is 0. The van der Waals surface area contributed by atoms with Gasteiger partial charge in [0.2, 0.25) is 0 Å². The summed E-state index contributed by atoms with van der Waals surface area (Å²) in [7, 11) is -3.36. The van der Waals surface area contributed by atoms with Crippen molar-refractivity contribution in [3.8, 4) is 0 Å². The maximum absolute atomic E-state index is 12.7. The Hall–Kier alpha value is -0.950. The summed E-state index contributed by atoms with van der Waals surface area (Å²) in [4.78, 5) is 0. The van der Waals surface area contributed by atoms with Crippen LogP contribution in [0.15, 0.2) is 24.3 Å². The van der Waals surface area contributed by atoms with Crippen LogP contribution in [0.1, 0.15) is 18.1 Å². The van der Waals surface area contributed by atoms with Gasteiger partial charge in [0, 0.05) is 39.3 Å². The molecule has 1 aliphatic heterocycles. The van der Waals surface area contributed by atoms with Crippen molar-refractivity contribution < 1.29 is 8.42 Å². The van der Waals surface area contributed by atoms with Crippen molar-refractivity contribution in [3.63, 3.8) is 0 Å². The highest BCUT2D eigenvalue weighted by Crippen LogP contribution is 2.16. The Kier molecular flexibility index (Phi) is 5.15. The minimum absolute atomic E-state index is 0.440. The summed E-state index contributed by atoms with van der Waals surface area (Å²) in [6.45, 7) is 7.37. The van der Waals surface area contributed by atoms with Gasteiger partial charge in [-0.1, -0.05) is 31.2 Å². The molecule has 0 atom stereocenters. The maximum Gasteiger partial charge on any atom is 0.282 e. The molecule has 0 amide bonds. The Morgan fingerprint density at radius 2 is 1.90 bits per heavy atom. The fourth-order valence-corrected chi connectivity index (χ4v) is 3.97. The van der Waals surface area contributed by atoms with Gasteiger partial charge >= 0.3 is 0 Å². The van der Waals surface area contributed by atoms with Crippen LogP contribution in [0.25, 0.3) is 0 Å². The van der Waals surface area contributed by atoms with Crippen LogP contribution in [0.4, 0.5) is 0 Å². The number of rotatable bonds is 5. The summed E-state index contributed by atoms with van der Waals surface area (Å²) in [6.07, 6.45) is 0. The molecule has 0 bridgehead atoms. The molecule has 1 N–H and O–H groups in total. The number of nitrogens with zero attached hydrogens (tertiary/aromatic N) is 2. The molecule has 2 rings (SSSR count). The predicted molar refractivity (Wildman–Crippen MR) is 80.6 cm³/mol. The predicted octanol–water partition coefficient (Wildman–Crippen LogP) is 0.967. The molecule has 0 unspecified atom stereocenters. The molecule has 0 radical (unpaired) electrons. The van der Waals surface area contributed by atoms with E-state index < -0.39 is 10.2 Å². The normalized spacial score (nSPS) is 17.6. The van der Waals surface area contributed by atoms with E-state index in [1.807, 2.05) is 38.1 Å². The van der Waals surface area contributed by atoms with Gasteiger partial charge in [0.05, 0.1) is 0 Å². The standard InChI is InChI=1S/C14H23N3O2S/c1-3-16(12-14-7-5-4-6-13(14)2)20(18,19)17-10-8-15-9-11-17/h4-7,15H,3,8-12H2,1-2H3. The zero-order chi connectivity index (χ0) is 14.6. The van der Waals surface area contributed by atoms with Crippen LogP contribution in [0, 0.1) is 6.92 Å². The average molecular weight is 297 g/mol. The molecule has 1 aromatic rings. The SMILES string of the molecule is CCN(Cc1ccccc1C)S(=O)(=O)N1CCNCC1. The lowest BCUT2D eigenvalue weighted by Crippen LogP contribution is -2.51. The Labute approximate surface area is 121 Å². The fourth-order valence-electron chi connectivity index (χ4n) is 2.37. The van der Waals surface area contributed by atoms with E-state index >= 15 is 0 Å². The van der Waals surface area contributed by atoms with Crippen LogP contribution in [0.3, 0.4) is 0 Å². The molecule has 1 saturated heterocycles. The second kappa shape index (κ2) is 6.67. The van der Waals surface area contributed by atoms with Crippen molar-refractivity contribution in [1.29, 1.82) is 0 Å². The van der Waals surface area contributed by atoms with Gasteiger partial charge in [0.15, 0.2) is 0 Å². The Balaban J connectivity index is 2.17. The quantitative estimate of drug-likeness (QED) is 0.881. The van der Waals surface area contributed by atoms with E-state index in [-0.39, 0.29) is 0 Å². The molecule has 0 aliphatic carbocycles. The first kappa shape index (κ1) is 15.4. The summed E-state index contributed by atoms with van der Waals surface area (Å²) in [5.41, 5.74) is 2.19. The Bertz CT molecular complexity index is 539. The van der Waals surface area contributed by atoms with E-state index in [4.69, 9.17) is 0 Å². The van der Waals surface area contributed by atoms with E-state index in [0.717, 1.165) is 24.2 Å². The van der Waals surface area contributed by atoms with E-state index in [1.54, 1.807) is 8.61 Å². The van der Waals surface area contributed by atoms with Crippen molar-refractivity contribution in [2.45, 2.75) is 20.4 Å². The smallest absolute Gasteiger partial charge is 0.282 e. The second-order valence-corrected chi connectivity index (χ2v) is 6.94. The minimum atomic E-state index is -3.36. The number of hydrogen-bond acceptors (Lipinski definition) is 3. The van der Waals surface area contributed by atoms with Gasteiger partial charge in [0.1, 0.15) is 0 Å². The zero-order valence-electron chi connectivity index (χ0n) is 12.2. The average Bonchev–Trinajstić information content (AvgIpc) is 2.47. The van der Waals surface area contributed by atoms with Gasteiger partial charge in [-0.15, -0.1) is 0 Å². The van der Waals surface area contributed by atoms with Crippen LogP contribution in [-0.2, 0) is 16.8 Å². The molecule has 20 heavy (non-hydrogen) atoms. The Morgan fingerprint density at radius 1 is 1.25 bits per heavy atom. The molecule has 1 heterocycles. The van der Waals surface area contributed by atoms with Gasteiger partial charge in [-0.05, 0) is 18.1 Å². The van der Waals surface area contributed by atoms with Gasteiger partial charge in [0.25, 0.3) is 10.2 Å². The van der Waals surface area contributed by atoms with Crippen LogP contribution >= 0.6 is 0 Å². The monoisotopic (exact) mass is 297 g/mol. The van der Waals surface area contributed by atoms with E-state index in [2.05, 4.69) is 5.32 Å². The third-order valence-corrected chi connectivity index (χ3v) is 5.75. The fraction of sp³-hybridized carbons (Fsp3) is 0.571. The number of benzene rings is 1. The maximum atomic E-state index is 12.7. The Morgan fingerprint density at radius 3 is 2.50 bits per heavy atom. The molecule has 1 fully saturated rings. The molecule has 1 aliphatic rings. The second-order valence-electron chi connectivity index (χ2n) is 5.01. The van der Waals surface area contributed by atoms with Crippen LogP contribution < -0.4 is 5.32 Å². The van der Waals surface area contributed by atoms with E-state index in [9.17, 15) is 8.42 Å². The first-order valence-electron chi connectivity index (χ1n) is 7.06. The highest BCUT2D eigenvalue weighted by molar-refractivity contribution is 7.86. The van der Waals surface area contributed by atoms with Crippen LogP contribution in [0.5, 0.6) is 0 Å². The molecule has 0 saturated carbocycles. The van der Waals surface area contributed by atoms with Crippen molar-refractivity contribution in [3.05, 3.63) is 35.4 Å². The lowest BCUT2D eigenvalue weighted by atomic mass is 10.1. The molecule has 0 aromatic heterocycles. The third kappa shape index (κ3) is 3.38. The summed E-state index contributed by atoms with van der Waals surface area (Å²) < 4.78 is 28.4. The molecule has 112 valence electrons. The van der Waals surface area contributed by atoms with Gasteiger partial charge < -0.3 is 5.32 Å². The van der Waals surface area contributed by atoms with E-state index in [0.29, 0.717) is 26.2 Å². The highest BCUT2D eigenvalue weighted by Gasteiger charge is 2.29. The lowest BCUT2D eigenvalue weighted by Gasteiger charge is -2.32. The van der Waals surface area contributed by atoms with Crippen molar-refractivity contribution in [2.75, 3.05) is 32.7 Å². The molecule has 6 heteroatoms. The van der Waals surface area contributed by atoms with Gasteiger partial charge in [-0.2, -0.15) is 17.0 Å². The molecule has 5 nitrogen and oxygen atoms in total. The van der Waals surface area contributed by atoms with Gasteiger partial charge in [-0.25, -0.2) is 0 Å². The molecule has 0 spiro atoms. The van der Waals surface area contributed by atoms with E-state index in [1.165, 1.54) is 0 Å². The largest absolute Gasteiger partial charge is 0.314 e. The number of nitrogens with one attached hydrogen (secondary N) is 1. The topological polar surface area (TPSA) is 52.7 Å². The first-order valence-corrected chi connectivity index (χ1v) is 8.46. The number of aryl methyl sites for hydroxylation is 1. The van der Waals surface area contributed by atoms with Crippen molar-refractivity contribution in [1.82, 2.24) is 13.9 Å². The van der Waals surface area contributed by atoms with Gasteiger partial charge in [-0.3, -0.25) is 0 Å². The molecular formula is C14H23N3O2S. The highest BCUT2D eigenvalue weighted by atomic mass is 32.2. The minimum Gasteiger partial charge on any atom is -0.314 e. The van der Waals surface area contributed by atoms with Crippen molar-refractivity contribution in [2.24, 2.45) is 0 Å². The van der Waals surface area contributed by atoms with Crippen LogP contribution in [0.2, 0.25) is 0 Å². The summed E-state index contributed by atoms with van der Waals surface area (Å²) in [5, 5.41) is 3.18. The zero-order valence-corrected chi connectivity index (χ0v) is 13.0.